The number of benzene rings is 1. The molecule has 0 spiro atoms. The first-order valence-corrected chi connectivity index (χ1v) is 12.2. The smallest absolute Gasteiger partial charge is 0.273 e. The van der Waals surface area contributed by atoms with Crippen LogP contribution in [0.3, 0.4) is 0 Å². The second-order valence-electron chi connectivity index (χ2n) is 8.54. The van der Waals surface area contributed by atoms with E-state index in [1.54, 1.807) is 11.3 Å². The maximum absolute atomic E-state index is 12.9. The van der Waals surface area contributed by atoms with Crippen molar-refractivity contribution < 1.29 is 14.3 Å². The minimum Gasteiger partial charge on any atom is -0.484 e. The van der Waals surface area contributed by atoms with Crippen LogP contribution in [-0.4, -0.2) is 59.4 Å². The molecule has 2 heterocycles. The number of ether oxygens (including phenoxy) is 1. The topological polar surface area (TPSA) is 62.7 Å². The van der Waals surface area contributed by atoms with Gasteiger partial charge in [0.2, 0.25) is 0 Å². The number of piperidine rings is 1. The van der Waals surface area contributed by atoms with E-state index < -0.39 is 0 Å². The Morgan fingerprint density at radius 2 is 1.81 bits per heavy atom. The number of hydrogen-bond acceptors (Lipinski definition) is 5. The Hall–Kier alpha value is -2.41. The molecule has 166 valence electrons. The zero-order chi connectivity index (χ0) is 21.6. The maximum Gasteiger partial charge on any atom is 0.273 e. The van der Waals surface area contributed by atoms with Crippen molar-refractivity contribution in [3.8, 4) is 5.75 Å². The van der Waals surface area contributed by atoms with Crippen LogP contribution in [0.1, 0.15) is 66.4 Å². The zero-order valence-electron chi connectivity index (χ0n) is 18.2. The Kier molecular flexibility index (Phi) is 7.22. The van der Waals surface area contributed by atoms with Gasteiger partial charge < -0.3 is 14.5 Å². The number of carbonyl (C=O) groups is 2. The van der Waals surface area contributed by atoms with Crippen LogP contribution in [0.15, 0.2) is 35.7 Å². The first-order valence-electron chi connectivity index (χ1n) is 11.3. The summed E-state index contributed by atoms with van der Waals surface area (Å²) < 4.78 is 5.59. The van der Waals surface area contributed by atoms with Gasteiger partial charge in [-0.25, -0.2) is 4.98 Å². The summed E-state index contributed by atoms with van der Waals surface area (Å²) in [7, 11) is 1.92. The Bertz CT molecular complexity index is 871. The molecule has 6 nitrogen and oxygen atoms in total. The molecule has 0 radical (unpaired) electrons. The number of para-hydroxylation sites is 1. The third kappa shape index (κ3) is 5.45. The van der Waals surface area contributed by atoms with Crippen molar-refractivity contribution in [2.75, 3.05) is 26.7 Å². The Morgan fingerprint density at radius 1 is 1.10 bits per heavy atom. The second-order valence-corrected chi connectivity index (χ2v) is 9.43. The molecular formula is C24H31N3O3S. The van der Waals surface area contributed by atoms with Gasteiger partial charge in [0.1, 0.15) is 11.4 Å². The van der Waals surface area contributed by atoms with Crippen LogP contribution in [0.25, 0.3) is 0 Å². The highest BCUT2D eigenvalue weighted by molar-refractivity contribution is 7.09. The number of amides is 2. The van der Waals surface area contributed by atoms with Crippen LogP contribution < -0.4 is 4.74 Å². The normalized spacial score (nSPS) is 18.0. The predicted octanol–water partition coefficient (Wildman–Crippen LogP) is 4.33. The van der Waals surface area contributed by atoms with Crippen molar-refractivity contribution in [1.29, 1.82) is 0 Å². The fourth-order valence-electron chi connectivity index (χ4n) is 4.52. The van der Waals surface area contributed by atoms with E-state index in [1.165, 1.54) is 19.3 Å². The Balaban J connectivity index is 1.27. The number of aromatic nitrogens is 1. The van der Waals surface area contributed by atoms with Gasteiger partial charge in [-0.05, 0) is 37.8 Å². The van der Waals surface area contributed by atoms with E-state index in [2.05, 4.69) is 0 Å². The maximum atomic E-state index is 12.9. The van der Waals surface area contributed by atoms with Gasteiger partial charge >= 0.3 is 0 Å². The summed E-state index contributed by atoms with van der Waals surface area (Å²) >= 11 is 1.58. The van der Waals surface area contributed by atoms with Crippen molar-refractivity contribution in [3.63, 3.8) is 0 Å². The number of likely N-dealkylation sites (tertiary alicyclic amines) is 1. The number of carbonyl (C=O) groups excluding carboxylic acids is 2. The second kappa shape index (κ2) is 10.3. The number of hydrogen-bond donors (Lipinski definition) is 0. The molecule has 1 saturated heterocycles. The highest BCUT2D eigenvalue weighted by Crippen LogP contribution is 2.31. The molecule has 1 aliphatic carbocycles. The number of thiazole rings is 1. The third-order valence-electron chi connectivity index (χ3n) is 6.49. The molecule has 0 N–H and O–H groups in total. The van der Waals surface area contributed by atoms with Crippen molar-refractivity contribution in [3.05, 3.63) is 46.4 Å². The lowest BCUT2D eigenvalue weighted by Crippen LogP contribution is -2.40. The zero-order valence-corrected chi connectivity index (χ0v) is 19.0. The summed E-state index contributed by atoms with van der Waals surface area (Å²) in [5.74, 6) is 1.08. The van der Waals surface area contributed by atoms with E-state index in [-0.39, 0.29) is 18.4 Å². The SMILES string of the molecule is CN(C(=O)c1csc(C2CCN(C(=O)COc3ccccc3)CC2)n1)C1CCCCC1. The largest absolute Gasteiger partial charge is 0.484 e. The molecule has 0 bridgehead atoms. The molecule has 1 aliphatic heterocycles. The first kappa shape index (κ1) is 21.8. The van der Waals surface area contributed by atoms with Crippen molar-refractivity contribution in [2.45, 2.75) is 56.9 Å². The molecular weight excluding hydrogens is 410 g/mol. The molecule has 1 saturated carbocycles. The van der Waals surface area contributed by atoms with E-state index in [0.29, 0.717) is 36.5 Å². The van der Waals surface area contributed by atoms with Crippen LogP contribution in [0.2, 0.25) is 0 Å². The molecule has 7 heteroatoms. The highest BCUT2D eigenvalue weighted by atomic mass is 32.1. The Morgan fingerprint density at radius 3 is 2.52 bits per heavy atom. The lowest BCUT2D eigenvalue weighted by molar-refractivity contribution is -0.134. The van der Waals surface area contributed by atoms with E-state index in [1.807, 2.05) is 52.6 Å². The van der Waals surface area contributed by atoms with Crippen molar-refractivity contribution in [2.24, 2.45) is 0 Å². The van der Waals surface area contributed by atoms with Gasteiger partial charge in [-0.3, -0.25) is 9.59 Å². The minimum absolute atomic E-state index is 0.0198. The molecule has 1 aromatic carbocycles. The minimum atomic E-state index is 0.0198. The van der Waals surface area contributed by atoms with Gasteiger partial charge in [0.05, 0.1) is 5.01 Å². The first-order chi connectivity index (χ1) is 15.1. The molecule has 2 fully saturated rings. The fraction of sp³-hybridized carbons (Fsp3) is 0.542. The van der Waals surface area contributed by atoms with Crippen LogP contribution in [-0.2, 0) is 4.79 Å². The lowest BCUT2D eigenvalue weighted by atomic mass is 9.94. The van der Waals surface area contributed by atoms with Gasteiger partial charge in [0.25, 0.3) is 11.8 Å². The quantitative estimate of drug-likeness (QED) is 0.669. The van der Waals surface area contributed by atoms with Crippen molar-refractivity contribution in [1.82, 2.24) is 14.8 Å². The highest BCUT2D eigenvalue weighted by Gasteiger charge is 2.28. The van der Waals surface area contributed by atoms with Crippen LogP contribution in [0.4, 0.5) is 0 Å². The van der Waals surface area contributed by atoms with Gasteiger partial charge in [0.15, 0.2) is 6.61 Å². The molecule has 2 amide bonds. The molecule has 0 atom stereocenters. The summed E-state index contributed by atoms with van der Waals surface area (Å²) in [4.78, 5) is 33.8. The summed E-state index contributed by atoms with van der Waals surface area (Å²) in [6.07, 6.45) is 7.63. The van der Waals surface area contributed by atoms with Gasteiger partial charge in [-0.1, -0.05) is 37.5 Å². The van der Waals surface area contributed by atoms with Gasteiger partial charge in [-0.2, -0.15) is 0 Å². The van der Waals surface area contributed by atoms with Crippen LogP contribution in [0, 0.1) is 0 Å². The van der Waals surface area contributed by atoms with E-state index in [9.17, 15) is 9.59 Å². The third-order valence-corrected chi connectivity index (χ3v) is 7.49. The predicted molar refractivity (Wildman–Crippen MR) is 122 cm³/mol. The summed E-state index contributed by atoms with van der Waals surface area (Å²) in [5, 5.41) is 2.93. The van der Waals surface area contributed by atoms with E-state index in [0.717, 1.165) is 30.7 Å². The standard InChI is InChI=1S/C24H31N3O3S/c1-26(19-8-4-2-5-9-19)24(29)21-17-31-23(25-21)18-12-14-27(15-13-18)22(28)16-30-20-10-6-3-7-11-20/h3,6-7,10-11,17-19H,2,4-5,8-9,12-16H2,1H3. The van der Waals surface area contributed by atoms with Gasteiger partial charge in [-0.15, -0.1) is 11.3 Å². The monoisotopic (exact) mass is 441 g/mol. The van der Waals surface area contributed by atoms with Crippen molar-refractivity contribution >= 4 is 23.2 Å². The molecule has 2 aliphatic rings. The molecule has 2 aromatic rings. The fourth-order valence-corrected chi connectivity index (χ4v) is 5.48. The summed E-state index contributed by atoms with van der Waals surface area (Å²) in [6.45, 7) is 1.47. The molecule has 31 heavy (non-hydrogen) atoms. The van der Waals surface area contributed by atoms with Gasteiger partial charge in [0, 0.05) is 37.5 Å². The number of nitrogens with zero attached hydrogens (tertiary/aromatic N) is 3. The molecule has 0 unspecified atom stereocenters. The average molecular weight is 442 g/mol. The van der Waals surface area contributed by atoms with E-state index in [4.69, 9.17) is 9.72 Å². The van der Waals surface area contributed by atoms with Crippen LogP contribution in [0.5, 0.6) is 5.75 Å². The lowest BCUT2D eigenvalue weighted by Gasteiger charge is -2.31. The summed E-state index contributed by atoms with van der Waals surface area (Å²) in [5.41, 5.74) is 0.572. The average Bonchev–Trinajstić information content (AvgIpc) is 3.33. The van der Waals surface area contributed by atoms with E-state index >= 15 is 0 Å². The summed E-state index contributed by atoms with van der Waals surface area (Å²) in [6, 6.07) is 9.76. The molecule has 4 rings (SSSR count). The number of rotatable bonds is 6. The molecule has 1 aromatic heterocycles. The Labute approximate surface area is 188 Å². The van der Waals surface area contributed by atoms with Crippen LogP contribution >= 0.6 is 11.3 Å².